The van der Waals surface area contributed by atoms with Crippen LogP contribution in [0.25, 0.3) is 5.57 Å². The number of likely N-dealkylation sites (N-methyl/N-ethyl adjacent to an activating group) is 1. The zero-order valence-corrected chi connectivity index (χ0v) is 16.8. The van der Waals surface area contributed by atoms with Gasteiger partial charge in [0.2, 0.25) is 0 Å². The van der Waals surface area contributed by atoms with Crippen LogP contribution in [-0.4, -0.2) is 37.5 Å². The number of nitrogens with one attached hydrogen (secondary N) is 1. The molecular formula is C22H24N2O4. The van der Waals surface area contributed by atoms with E-state index in [1.165, 1.54) is 12.0 Å². The smallest absolute Gasteiger partial charge is 0.278 e. The first-order valence-electron chi connectivity index (χ1n) is 9.09. The fraction of sp³-hybridized carbons (Fsp3) is 0.273. The second-order valence-electron chi connectivity index (χ2n) is 6.55. The molecule has 6 heteroatoms. The standard InChI is InChI=1S/C22H24N2O4/c1-6-24-21(25)19(15-10-11-17(27-4)18(12-15)28-5)20(22(24)26)23-16-9-7-8-13(2)14(16)3/h7-12,23H,6H2,1-5H3. The Bertz CT molecular complexity index is 978. The van der Waals surface area contributed by atoms with E-state index in [-0.39, 0.29) is 17.5 Å². The second kappa shape index (κ2) is 7.76. The third-order valence-electron chi connectivity index (χ3n) is 5.02. The van der Waals surface area contributed by atoms with Gasteiger partial charge in [-0.05, 0) is 55.7 Å². The van der Waals surface area contributed by atoms with Crippen molar-refractivity contribution in [2.45, 2.75) is 20.8 Å². The average Bonchev–Trinajstić information content (AvgIpc) is 2.94. The molecule has 146 valence electrons. The zero-order chi connectivity index (χ0) is 20.4. The van der Waals surface area contributed by atoms with Crippen LogP contribution in [0.1, 0.15) is 23.6 Å². The Morgan fingerprint density at radius 1 is 0.964 bits per heavy atom. The van der Waals surface area contributed by atoms with Crippen molar-refractivity contribution in [2.75, 3.05) is 26.1 Å². The van der Waals surface area contributed by atoms with Crippen LogP contribution in [0.15, 0.2) is 42.1 Å². The molecule has 0 spiro atoms. The number of benzene rings is 2. The van der Waals surface area contributed by atoms with E-state index in [0.717, 1.165) is 16.8 Å². The van der Waals surface area contributed by atoms with Gasteiger partial charge in [-0.15, -0.1) is 0 Å². The molecule has 1 N–H and O–H groups in total. The second-order valence-corrected chi connectivity index (χ2v) is 6.55. The molecular weight excluding hydrogens is 356 g/mol. The van der Waals surface area contributed by atoms with Crippen LogP contribution >= 0.6 is 0 Å². The maximum absolute atomic E-state index is 13.0. The fourth-order valence-corrected chi connectivity index (χ4v) is 3.26. The quantitative estimate of drug-likeness (QED) is 0.777. The summed E-state index contributed by atoms with van der Waals surface area (Å²) in [6.45, 7) is 6.06. The highest BCUT2D eigenvalue weighted by Gasteiger charge is 2.38. The molecule has 1 aliphatic rings. The molecule has 0 atom stereocenters. The van der Waals surface area contributed by atoms with E-state index >= 15 is 0 Å². The lowest BCUT2D eigenvalue weighted by Crippen LogP contribution is -2.32. The van der Waals surface area contributed by atoms with Crippen LogP contribution < -0.4 is 14.8 Å². The Kier molecular flexibility index (Phi) is 5.40. The maximum Gasteiger partial charge on any atom is 0.278 e. The van der Waals surface area contributed by atoms with Gasteiger partial charge in [0.15, 0.2) is 11.5 Å². The van der Waals surface area contributed by atoms with Crippen LogP contribution in [0.2, 0.25) is 0 Å². The molecule has 0 unspecified atom stereocenters. The first-order chi connectivity index (χ1) is 13.4. The van der Waals surface area contributed by atoms with Gasteiger partial charge in [-0.2, -0.15) is 0 Å². The minimum atomic E-state index is -0.335. The van der Waals surface area contributed by atoms with Crippen LogP contribution in [-0.2, 0) is 9.59 Å². The predicted molar refractivity (Wildman–Crippen MR) is 108 cm³/mol. The summed E-state index contributed by atoms with van der Waals surface area (Å²) in [7, 11) is 3.08. The molecule has 0 aromatic heterocycles. The number of imide groups is 1. The van der Waals surface area contributed by atoms with Crippen molar-refractivity contribution in [2.24, 2.45) is 0 Å². The average molecular weight is 380 g/mol. The highest BCUT2D eigenvalue weighted by molar-refractivity contribution is 6.36. The molecule has 2 aromatic rings. The normalized spacial score (nSPS) is 14.0. The lowest BCUT2D eigenvalue weighted by Gasteiger charge is -2.14. The first-order valence-corrected chi connectivity index (χ1v) is 9.09. The van der Waals surface area contributed by atoms with Crippen molar-refractivity contribution in [1.29, 1.82) is 0 Å². The van der Waals surface area contributed by atoms with E-state index in [0.29, 0.717) is 29.2 Å². The zero-order valence-electron chi connectivity index (χ0n) is 16.8. The van der Waals surface area contributed by atoms with E-state index < -0.39 is 0 Å². The summed E-state index contributed by atoms with van der Waals surface area (Å²) < 4.78 is 10.6. The van der Waals surface area contributed by atoms with Crippen molar-refractivity contribution in [3.8, 4) is 11.5 Å². The number of methoxy groups -OCH3 is 2. The van der Waals surface area contributed by atoms with Crippen molar-refractivity contribution >= 4 is 23.1 Å². The number of amides is 2. The molecule has 6 nitrogen and oxygen atoms in total. The van der Waals surface area contributed by atoms with Crippen molar-refractivity contribution in [3.63, 3.8) is 0 Å². The number of rotatable bonds is 6. The molecule has 0 bridgehead atoms. The minimum absolute atomic E-state index is 0.271. The monoisotopic (exact) mass is 380 g/mol. The minimum Gasteiger partial charge on any atom is -0.493 e. The van der Waals surface area contributed by atoms with Crippen LogP contribution in [0.3, 0.4) is 0 Å². The summed E-state index contributed by atoms with van der Waals surface area (Å²) in [5.41, 5.74) is 4.12. The first kappa shape index (κ1) is 19.5. The van der Waals surface area contributed by atoms with E-state index in [4.69, 9.17) is 9.47 Å². The molecule has 1 heterocycles. The van der Waals surface area contributed by atoms with Gasteiger partial charge in [-0.3, -0.25) is 14.5 Å². The summed E-state index contributed by atoms with van der Waals surface area (Å²) in [5.74, 6) is 0.388. The summed E-state index contributed by atoms with van der Waals surface area (Å²) in [6, 6.07) is 11.0. The number of anilines is 1. The van der Waals surface area contributed by atoms with Gasteiger partial charge in [0.25, 0.3) is 11.8 Å². The number of hydrogen-bond acceptors (Lipinski definition) is 5. The van der Waals surface area contributed by atoms with E-state index in [1.807, 2.05) is 32.0 Å². The third-order valence-corrected chi connectivity index (χ3v) is 5.02. The van der Waals surface area contributed by atoms with E-state index in [2.05, 4.69) is 5.32 Å². The van der Waals surface area contributed by atoms with Gasteiger partial charge in [0.05, 0.1) is 19.8 Å². The van der Waals surface area contributed by atoms with Gasteiger partial charge in [0, 0.05) is 12.2 Å². The number of nitrogens with zero attached hydrogens (tertiary/aromatic N) is 1. The van der Waals surface area contributed by atoms with E-state index in [1.54, 1.807) is 32.2 Å². The highest BCUT2D eigenvalue weighted by Crippen LogP contribution is 2.36. The number of carbonyl (C=O) groups is 2. The number of hydrogen-bond donors (Lipinski definition) is 1. The number of ether oxygens (including phenoxy) is 2. The topological polar surface area (TPSA) is 67.9 Å². The lowest BCUT2D eigenvalue weighted by molar-refractivity contribution is -0.136. The third kappa shape index (κ3) is 3.22. The Morgan fingerprint density at radius 3 is 2.32 bits per heavy atom. The van der Waals surface area contributed by atoms with Gasteiger partial charge in [-0.1, -0.05) is 18.2 Å². The van der Waals surface area contributed by atoms with Crippen LogP contribution in [0.4, 0.5) is 5.69 Å². The Balaban J connectivity index is 2.15. The van der Waals surface area contributed by atoms with Crippen molar-refractivity contribution in [1.82, 2.24) is 4.90 Å². The molecule has 28 heavy (non-hydrogen) atoms. The molecule has 2 aromatic carbocycles. The number of carbonyl (C=O) groups excluding carboxylic acids is 2. The largest absolute Gasteiger partial charge is 0.493 e. The molecule has 2 amide bonds. The van der Waals surface area contributed by atoms with Crippen molar-refractivity contribution < 1.29 is 19.1 Å². The molecule has 0 radical (unpaired) electrons. The molecule has 0 aliphatic carbocycles. The molecule has 0 saturated carbocycles. The van der Waals surface area contributed by atoms with Gasteiger partial charge in [0.1, 0.15) is 5.70 Å². The molecule has 3 rings (SSSR count). The SMILES string of the molecule is CCN1C(=O)C(Nc2cccc(C)c2C)=C(c2ccc(OC)c(OC)c2)C1=O. The Labute approximate surface area is 164 Å². The fourth-order valence-electron chi connectivity index (χ4n) is 3.26. The summed E-state index contributed by atoms with van der Waals surface area (Å²) >= 11 is 0. The summed E-state index contributed by atoms with van der Waals surface area (Å²) in [4.78, 5) is 27.2. The molecule has 1 aliphatic heterocycles. The van der Waals surface area contributed by atoms with Gasteiger partial charge >= 0.3 is 0 Å². The van der Waals surface area contributed by atoms with Crippen LogP contribution in [0.5, 0.6) is 11.5 Å². The Morgan fingerprint density at radius 2 is 1.68 bits per heavy atom. The van der Waals surface area contributed by atoms with E-state index in [9.17, 15) is 9.59 Å². The lowest BCUT2D eigenvalue weighted by atomic mass is 10.0. The summed E-state index contributed by atoms with van der Waals surface area (Å²) in [5, 5.41) is 3.20. The predicted octanol–water partition coefficient (Wildman–Crippen LogP) is 3.53. The van der Waals surface area contributed by atoms with Crippen LogP contribution in [0, 0.1) is 13.8 Å². The molecule has 0 fully saturated rings. The molecule has 0 saturated heterocycles. The van der Waals surface area contributed by atoms with Gasteiger partial charge < -0.3 is 14.8 Å². The van der Waals surface area contributed by atoms with Gasteiger partial charge in [-0.25, -0.2) is 0 Å². The number of aryl methyl sites for hydroxylation is 1. The summed E-state index contributed by atoms with van der Waals surface area (Å²) in [6.07, 6.45) is 0. The van der Waals surface area contributed by atoms with Crippen molar-refractivity contribution in [3.05, 3.63) is 58.8 Å². The highest BCUT2D eigenvalue weighted by atomic mass is 16.5. The maximum atomic E-state index is 13.0. The Hall–Kier alpha value is -3.28.